The van der Waals surface area contributed by atoms with Crippen molar-refractivity contribution in [2.24, 2.45) is 5.92 Å². The molecule has 0 radical (unpaired) electrons. The SMILES string of the molecule is CCCC(CCCCCC(=O)O)C(Cc1cc2c(cc1Cl)OCO2)Sc1nc[nH]c1C(=O)O. The van der Waals surface area contributed by atoms with Crippen LogP contribution in [-0.4, -0.2) is 44.2 Å². The number of H-pyrrole nitrogens is 1. The summed E-state index contributed by atoms with van der Waals surface area (Å²) in [4.78, 5) is 29.4. The van der Waals surface area contributed by atoms with Gasteiger partial charge in [0.15, 0.2) is 17.2 Å². The molecule has 0 saturated carbocycles. The summed E-state index contributed by atoms with van der Waals surface area (Å²) in [5.41, 5.74) is 0.997. The van der Waals surface area contributed by atoms with Gasteiger partial charge in [0.2, 0.25) is 6.79 Å². The number of hydrogen-bond donors (Lipinski definition) is 3. The Hall–Kier alpha value is -2.39. The summed E-state index contributed by atoms with van der Waals surface area (Å²) in [5, 5.41) is 19.5. The zero-order chi connectivity index (χ0) is 23.8. The van der Waals surface area contributed by atoms with E-state index in [-0.39, 0.29) is 30.1 Å². The van der Waals surface area contributed by atoms with Crippen LogP contribution < -0.4 is 9.47 Å². The van der Waals surface area contributed by atoms with Gasteiger partial charge in [-0.25, -0.2) is 9.78 Å². The molecule has 2 atom stereocenters. The number of aliphatic carboxylic acids is 1. The third-order valence-corrected chi connectivity index (χ3v) is 7.43. The summed E-state index contributed by atoms with van der Waals surface area (Å²) >= 11 is 8.01. The molecule has 3 rings (SSSR count). The molecule has 0 aliphatic carbocycles. The van der Waals surface area contributed by atoms with Gasteiger partial charge in [0.25, 0.3) is 0 Å². The van der Waals surface area contributed by atoms with Crippen LogP contribution in [-0.2, 0) is 11.2 Å². The number of hydrogen-bond acceptors (Lipinski definition) is 6. The largest absolute Gasteiger partial charge is 0.481 e. The number of carbonyl (C=O) groups is 2. The van der Waals surface area contributed by atoms with Gasteiger partial charge in [0.05, 0.1) is 6.33 Å². The topological polar surface area (TPSA) is 122 Å². The molecular formula is C23H29ClN2O6S. The number of unbranched alkanes of at least 4 members (excludes halogenated alkanes) is 2. The van der Waals surface area contributed by atoms with Gasteiger partial charge in [0.1, 0.15) is 5.03 Å². The van der Waals surface area contributed by atoms with Crippen molar-refractivity contribution in [3.63, 3.8) is 0 Å². The number of ether oxygens (including phenoxy) is 2. The molecule has 33 heavy (non-hydrogen) atoms. The normalized spacial score (nSPS) is 14.2. The molecule has 180 valence electrons. The number of nitrogens with one attached hydrogen (secondary N) is 1. The average molecular weight is 497 g/mol. The quantitative estimate of drug-likeness (QED) is 0.227. The second-order valence-electron chi connectivity index (χ2n) is 8.09. The van der Waals surface area contributed by atoms with E-state index in [0.717, 1.165) is 37.7 Å². The van der Waals surface area contributed by atoms with Crippen molar-refractivity contribution in [2.45, 2.75) is 68.6 Å². The molecule has 0 saturated heterocycles. The minimum atomic E-state index is -1.05. The number of aromatic amines is 1. The first kappa shape index (κ1) is 25.2. The molecule has 0 bridgehead atoms. The van der Waals surface area contributed by atoms with Crippen molar-refractivity contribution >= 4 is 35.3 Å². The van der Waals surface area contributed by atoms with E-state index in [4.69, 9.17) is 26.2 Å². The predicted molar refractivity (Wildman–Crippen MR) is 126 cm³/mol. The smallest absolute Gasteiger partial charge is 0.355 e. The summed E-state index contributed by atoms with van der Waals surface area (Å²) < 4.78 is 10.9. The van der Waals surface area contributed by atoms with Gasteiger partial charge in [-0.3, -0.25) is 4.79 Å². The van der Waals surface area contributed by atoms with E-state index in [1.54, 1.807) is 6.07 Å². The second-order valence-corrected chi connectivity index (χ2v) is 9.72. The number of imidazole rings is 1. The van der Waals surface area contributed by atoms with Gasteiger partial charge < -0.3 is 24.7 Å². The molecule has 1 aromatic carbocycles. The minimum absolute atomic E-state index is 0.0312. The maximum atomic E-state index is 11.6. The molecule has 1 aromatic heterocycles. The standard InChI is InChI=1S/C23H29ClN2O6S/c1-2-6-14(7-4-3-5-8-20(27)28)19(33-22-21(23(29)30)25-12-26-22)10-15-9-17-18(11-16(15)24)32-13-31-17/h9,11-12,14,19H,2-8,10,13H2,1H3,(H,25,26)(H,27,28)(H,29,30). The minimum Gasteiger partial charge on any atom is -0.481 e. The molecule has 0 amide bonds. The van der Waals surface area contributed by atoms with Crippen LogP contribution in [0.3, 0.4) is 0 Å². The summed E-state index contributed by atoms with van der Waals surface area (Å²) in [6.07, 6.45) is 7.47. The van der Waals surface area contributed by atoms with E-state index in [2.05, 4.69) is 16.9 Å². The van der Waals surface area contributed by atoms with Crippen LogP contribution in [0.5, 0.6) is 11.5 Å². The van der Waals surface area contributed by atoms with Crippen molar-refractivity contribution in [1.29, 1.82) is 0 Å². The summed E-state index contributed by atoms with van der Waals surface area (Å²) in [6, 6.07) is 3.66. The molecule has 2 aromatic rings. The zero-order valence-corrected chi connectivity index (χ0v) is 20.1. The Labute approximate surface area is 202 Å². The van der Waals surface area contributed by atoms with E-state index in [9.17, 15) is 14.7 Å². The highest BCUT2D eigenvalue weighted by molar-refractivity contribution is 8.00. The molecule has 1 aliphatic heterocycles. The van der Waals surface area contributed by atoms with Gasteiger partial charge in [-0.15, -0.1) is 0 Å². The van der Waals surface area contributed by atoms with Crippen LogP contribution in [0.4, 0.5) is 0 Å². The number of aromatic nitrogens is 2. The molecule has 8 nitrogen and oxygen atoms in total. The molecule has 1 aliphatic rings. The van der Waals surface area contributed by atoms with Crippen LogP contribution in [0.1, 0.15) is 67.9 Å². The van der Waals surface area contributed by atoms with Gasteiger partial charge in [0, 0.05) is 22.8 Å². The number of fused-ring (bicyclic) bond motifs is 1. The van der Waals surface area contributed by atoms with Crippen molar-refractivity contribution in [3.05, 3.63) is 34.7 Å². The summed E-state index contributed by atoms with van der Waals surface area (Å²) in [5.74, 6) is -0.257. The van der Waals surface area contributed by atoms with Crippen molar-refractivity contribution in [2.75, 3.05) is 6.79 Å². The lowest BCUT2D eigenvalue weighted by Gasteiger charge is -2.27. The first-order valence-electron chi connectivity index (χ1n) is 11.1. The molecule has 10 heteroatoms. The lowest BCUT2D eigenvalue weighted by molar-refractivity contribution is -0.137. The number of rotatable bonds is 14. The van der Waals surface area contributed by atoms with E-state index in [1.807, 2.05) is 6.07 Å². The fraction of sp³-hybridized carbons (Fsp3) is 0.522. The first-order chi connectivity index (χ1) is 15.9. The molecule has 2 unspecified atom stereocenters. The highest BCUT2D eigenvalue weighted by Crippen LogP contribution is 2.41. The lowest BCUT2D eigenvalue weighted by atomic mass is 9.89. The number of aromatic carboxylic acids is 1. The molecule has 0 spiro atoms. The number of benzene rings is 1. The number of carboxylic acids is 2. The Bertz CT molecular complexity index is 966. The number of carboxylic acid groups (broad SMARTS) is 2. The third kappa shape index (κ3) is 7.04. The van der Waals surface area contributed by atoms with Gasteiger partial charge in [-0.2, -0.15) is 0 Å². The Morgan fingerprint density at radius 3 is 2.64 bits per heavy atom. The second kappa shape index (κ2) is 12.2. The van der Waals surface area contributed by atoms with E-state index >= 15 is 0 Å². The van der Waals surface area contributed by atoms with E-state index in [1.165, 1.54) is 18.1 Å². The van der Waals surface area contributed by atoms with Crippen molar-refractivity contribution < 1.29 is 29.3 Å². The van der Waals surface area contributed by atoms with Crippen molar-refractivity contribution in [1.82, 2.24) is 9.97 Å². The number of thioether (sulfide) groups is 1. The Balaban J connectivity index is 1.80. The van der Waals surface area contributed by atoms with Gasteiger partial charge in [-0.1, -0.05) is 49.5 Å². The Morgan fingerprint density at radius 2 is 1.94 bits per heavy atom. The molecule has 0 fully saturated rings. The average Bonchev–Trinajstić information content (AvgIpc) is 3.41. The van der Waals surface area contributed by atoms with Crippen LogP contribution in [0, 0.1) is 5.92 Å². The van der Waals surface area contributed by atoms with E-state index in [0.29, 0.717) is 34.4 Å². The van der Waals surface area contributed by atoms with Crippen molar-refractivity contribution in [3.8, 4) is 11.5 Å². The van der Waals surface area contributed by atoms with Gasteiger partial charge >= 0.3 is 11.9 Å². The maximum absolute atomic E-state index is 11.6. The highest BCUT2D eigenvalue weighted by Gasteiger charge is 2.28. The Morgan fingerprint density at radius 1 is 1.18 bits per heavy atom. The zero-order valence-electron chi connectivity index (χ0n) is 18.5. The highest BCUT2D eigenvalue weighted by atomic mass is 35.5. The number of nitrogens with zero attached hydrogens (tertiary/aromatic N) is 1. The molecular weight excluding hydrogens is 468 g/mol. The van der Waals surface area contributed by atoms with Crippen LogP contribution in [0.2, 0.25) is 5.02 Å². The van der Waals surface area contributed by atoms with Gasteiger partial charge in [-0.05, 0) is 43.2 Å². The molecule has 2 heterocycles. The monoisotopic (exact) mass is 496 g/mol. The van der Waals surface area contributed by atoms with Crippen LogP contribution in [0.25, 0.3) is 0 Å². The fourth-order valence-corrected chi connectivity index (χ4v) is 5.67. The summed E-state index contributed by atoms with van der Waals surface area (Å²) in [7, 11) is 0. The number of halogens is 1. The third-order valence-electron chi connectivity index (χ3n) is 5.69. The Kier molecular flexibility index (Phi) is 9.31. The van der Waals surface area contributed by atoms with E-state index < -0.39 is 11.9 Å². The molecule has 3 N–H and O–H groups in total. The summed E-state index contributed by atoms with van der Waals surface area (Å²) in [6.45, 7) is 2.29. The first-order valence-corrected chi connectivity index (χ1v) is 12.4. The fourth-order valence-electron chi connectivity index (χ4n) is 4.05. The lowest BCUT2D eigenvalue weighted by Crippen LogP contribution is -2.21. The van der Waals surface area contributed by atoms with Crippen LogP contribution in [0.15, 0.2) is 23.5 Å². The van der Waals surface area contributed by atoms with Crippen LogP contribution >= 0.6 is 23.4 Å². The predicted octanol–water partition coefficient (Wildman–Crippen LogP) is 5.64. The maximum Gasteiger partial charge on any atom is 0.355 e.